The van der Waals surface area contributed by atoms with Crippen LogP contribution in [-0.2, 0) is 18.0 Å². The molecule has 1 aromatic rings. The van der Waals surface area contributed by atoms with E-state index < -0.39 is 26.7 Å². The third-order valence-electron chi connectivity index (χ3n) is 3.63. The monoisotopic (exact) mass is 457 g/mol. The quantitative estimate of drug-likeness (QED) is 0.211. The molecule has 0 saturated heterocycles. The van der Waals surface area contributed by atoms with E-state index in [1.54, 1.807) is 39.0 Å². The molecule has 0 radical (unpaired) electrons. The Labute approximate surface area is 185 Å². The predicted octanol–water partition coefficient (Wildman–Crippen LogP) is 4.53. The Morgan fingerprint density at radius 1 is 0.935 bits per heavy atom. The van der Waals surface area contributed by atoms with E-state index in [0.29, 0.717) is 38.8 Å². The summed E-state index contributed by atoms with van der Waals surface area (Å²) in [6, 6.07) is 6.77. The summed E-state index contributed by atoms with van der Waals surface area (Å²) in [6.07, 6.45) is -0.839. The van der Waals surface area contributed by atoms with Gasteiger partial charge in [0.1, 0.15) is 17.1 Å². The van der Waals surface area contributed by atoms with E-state index in [4.69, 9.17) is 27.5 Å². The van der Waals surface area contributed by atoms with E-state index >= 15 is 0 Å². The minimum Gasteiger partial charge on any atom is -0.428 e. The number of ether oxygens (including phenoxy) is 3. The Bertz CT molecular complexity index is 675. The summed E-state index contributed by atoms with van der Waals surface area (Å²) in [5, 5.41) is 2.68. The van der Waals surface area contributed by atoms with Crippen molar-refractivity contribution in [1.82, 2.24) is 5.32 Å². The third-order valence-corrected chi connectivity index (χ3v) is 6.78. The van der Waals surface area contributed by atoms with Crippen LogP contribution in [0, 0.1) is 0 Å². The van der Waals surface area contributed by atoms with Gasteiger partial charge < -0.3 is 32.8 Å². The van der Waals surface area contributed by atoms with Crippen LogP contribution in [0.3, 0.4) is 0 Å². The summed E-state index contributed by atoms with van der Waals surface area (Å²) in [5.41, 5.74) is -0.669. The molecule has 0 unspecified atom stereocenters. The molecule has 1 N–H and O–H groups in total. The smallest absolute Gasteiger partial charge is 0.428 e. The van der Waals surface area contributed by atoms with Crippen LogP contribution in [0.5, 0.6) is 11.5 Å². The van der Waals surface area contributed by atoms with Crippen molar-refractivity contribution in [2.45, 2.75) is 59.6 Å². The molecule has 176 valence electrons. The van der Waals surface area contributed by atoms with Gasteiger partial charge in [-0.05, 0) is 60.1 Å². The van der Waals surface area contributed by atoms with Gasteiger partial charge in [-0.15, -0.1) is 0 Å². The average molecular weight is 458 g/mol. The van der Waals surface area contributed by atoms with Crippen molar-refractivity contribution in [1.29, 1.82) is 0 Å². The van der Waals surface area contributed by atoms with Gasteiger partial charge in [0.15, 0.2) is 0 Å². The molecule has 10 heteroatoms. The molecule has 0 atom stereocenters. The maximum atomic E-state index is 12.1. The summed E-state index contributed by atoms with van der Waals surface area (Å²) < 4.78 is 32.8. The number of nitrogens with one attached hydrogen (secondary N) is 1. The number of benzene rings is 1. The van der Waals surface area contributed by atoms with Crippen LogP contribution in [-0.4, -0.2) is 53.0 Å². The van der Waals surface area contributed by atoms with Crippen molar-refractivity contribution in [3.05, 3.63) is 24.3 Å². The van der Waals surface area contributed by atoms with Crippen molar-refractivity contribution in [3.8, 4) is 11.5 Å². The lowest BCUT2D eigenvalue weighted by Crippen LogP contribution is -2.46. The van der Waals surface area contributed by atoms with Gasteiger partial charge >= 0.3 is 21.1 Å². The summed E-state index contributed by atoms with van der Waals surface area (Å²) in [4.78, 5) is 23.9. The van der Waals surface area contributed by atoms with E-state index in [9.17, 15) is 9.59 Å². The fourth-order valence-corrected chi connectivity index (χ4v) is 5.22. The first-order chi connectivity index (χ1) is 14.6. The predicted molar refractivity (Wildman–Crippen MR) is 117 cm³/mol. The summed E-state index contributed by atoms with van der Waals surface area (Å²) in [7, 11) is -2.73. The molecule has 0 aliphatic heterocycles. The Hall–Kier alpha value is -2.14. The zero-order chi connectivity index (χ0) is 23.3. The van der Waals surface area contributed by atoms with Crippen LogP contribution < -0.4 is 14.8 Å². The maximum Gasteiger partial charge on any atom is 0.514 e. The molecule has 1 aromatic carbocycles. The van der Waals surface area contributed by atoms with Gasteiger partial charge in [0.2, 0.25) is 0 Å². The largest absolute Gasteiger partial charge is 0.514 e. The molecular weight excluding hydrogens is 422 g/mol. The van der Waals surface area contributed by atoms with Gasteiger partial charge in [-0.3, -0.25) is 0 Å². The molecule has 0 aliphatic rings. The molecule has 0 fully saturated rings. The number of hydrogen-bond acceptors (Lipinski definition) is 8. The molecule has 31 heavy (non-hydrogen) atoms. The van der Waals surface area contributed by atoms with E-state index in [-0.39, 0.29) is 11.5 Å². The van der Waals surface area contributed by atoms with E-state index in [1.807, 2.05) is 20.8 Å². The molecule has 1 rings (SSSR count). The summed E-state index contributed by atoms with van der Waals surface area (Å²) in [5.74, 6) is 0.445. The normalized spacial score (nSPS) is 11.7. The lowest BCUT2D eigenvalue weighted by Gasteiger charge is -2.28. The first kappa shape index (κ1) is 26.9. The maximum absolute atomic E-state index is 12.1. The molecular formula is C21H35NO8Si. The van der Waals surface area contributed by atoms with Gasteiger partial charge in [0, 0.05) is 38.5 Å². The van der Waals surface area contributed by atoms with Crippen LogP contribution in [0.25, 0.3) is 0 Å². The Balaban J connectivity index is 2.51. The van der Waals surface area contributed by atoms with E-state index in [2.05, 4.69) is 5.32 Å². The topological polar surface area (TPSA) is 102 Å². The van der Waals surface area contributed by atoms with E-state index in [0.717, 1.165) is 0 Å². The highest BCUT2D eigenvalue weighted by Crippen LogP contribution is 2.21. The van der Waals surface area contributed by atoms with Crippen molar-refractivity contribution >= 4 is 21.1 Å². The van der Waals surface area contributed by atoms with Crippen LogP contribution in [0.2, 0.25) is 6.04 Å². The summed E-state index contributed by atoms with van der Waals surface area (Å²) in [6.45, 7) is 12.8. The average Bonchev–Trinajstić information content (AvgIpc) is 2.64. The first-order valence-corrected chi connectivity index (χ1v) is 12.4. The van der Waals surface area contributed by atoms with Crippen LogP contribution in [0.4, 0.5) is 9.59 Å². The minimum absolute atomic E-state index is 0.209. The van der Waals surface area contributed by atoms with Crippen LogP contribution in [0.15, 0.2) is 24.3 Å². The molecule has 0 heterocycles. The fraction of sp³-hybridized carbons (Fsp3) is 0.619. The van der Waals surface area contributed by atoms with Crippen molar-refractivity contribution < 1.29 is 37.1 Å². The second-order valence-electron chi connectivity index (χ2n) is 7.44. The van der Waals surface area contributed by atoms with Crippen molar-refractivity contribution in [2.75, 3.05) is 26.4 Å². The highest BCUT2D eigenvalue weighted by atomic mass is 28.4. The van der Waals surface area contributed by atoms with Crippen LogP contribution in [0.1, 0.15) is 48.0 Å². The lowest BCUT2D eigenvalue weighted by atomic mass is 10.2. The highest BCUT2D eigenvalue weighted by molar-refractivity contribution is 6.60. The first-order valence-electron chi connectivity index (χ1n) is 10.5. The van der Waals surface area contributed by atoms with Gasteiger partial charge in [-0.1, -0.05) is 6.07 Å². The Kier molecular flexibility index (Phi) is 11.5. The van der Waals surface area contributed by atoms with E-state index in [1.165, 1.54) is 6.07 Å². The molecule has 9 nitrogen and oxygen atoms in total. The standard InChI is InChI=1S/C21H35NO8Si/c1-7-25-31(26-8-2,27-9-3)15-11-14-22-19(23)28-17-12-10-13-18(16-17)29-20(24)30-21(4,5)6/h10,12-13,16H,7-9,11,14-15H2,1-6H3,(H,22,23). The second kappa shape index (κ2) is 13.3. The Morgan fingerprint density at radius 3 is 2.00 bits per heavy atom. The number of carbonyl (C=O) groups excluding carboxylic acids is 2. The molecule has 1 amide bonds. The van der Waals surface area contributed by atoms with Crippen LogP contribution >= 0.6 is 0 Å². The highest BCUT2D eigenvalue weighted by Gasteiger charge is 2.39. The van der Waals surface area contributed by atoms with Gasteiger partial charge in [-0.25, -0.2) is 9.59 Å². The minimum atomic E-state index is -2.73. The second-order valence-corrected chi connectivity index (χ2v) is 10.2. The fourth-order valence-electron chi connectivity index (χ4n) is 2.61. The molecule has 0 bridgehead atoms. The third kappa shape index (κ3) is 11.2. The number of amides is 1. The lowest BCUT2D eigenvalue weighted by molar-refractivity contribution is 0.0206. The number of carbonyl (C=O) groups is 2. The molecule has 0 saturated carbocycles. The number of rotatable bonds is 12. The Morgan fingerprint density at radius 2 is 1.48 bits per heavy atom. The molecule has 0 spiro atoms. The molecule has 0 aliphatic carbocycles. The SMILES string of the molecule is CCO[Si](CCCNC(=O)Oc1cccc(OC(=O)OC(C)(C)C)c1)(OCC)OCC. The van der Waals surface area contributed by atoms with Crippen molar-refractivity contribution in [2.24, 2.45) is 0 Å². The zero-order valence-electron chi connectivity index (χ0n) is 19.3. The number of hydrogen-bond donors (Lipinski definition) is 1. The zero-order valence-corrected chi connectivity index (χ0v) is 20.3. The van der Waals surface area contributed by atoms with Gasteiger partial charge in [-0.2, -0.15) is 0 Å². The van der Waals surface area contributed by atoms with Gasteiger partial charge in [0.25, 0.3) is 0 Å². The summed E-state index contributed by atoms with van der Waals surface area (Å²) >= 11 is 0. The van der Waals surface area contributed by atoms with Gasteiger partial charge in [0.05, 0.1) is 0 Å². The molecule has 0 aromatic heterocycles. The van der Waals surface area contributed by atoms with Crippen molar-refractivity contribution in [3.63, 3.8) is 0 Å².